The second-order valence-electron chi connectivity index (χ2n) is 6.64. The van der Waals surface area contributed by atoms with E-state index >= 15 is 0 Å². The smallest absolute Gasteiger partial charge is 0.478 e. The lowest BCUT2D eigenvalue weighted by Crippen LogP contribution is -2.25. The lowest BCUT2D eigenvalue weighted by atomic mass is 10.0. The van der Waals surface area contributed by atoms with Crippen molar-refractivity contribution in [1.82, 2.24) is 4.58 Å². The molecule has 2 aromatic carbocycles. The topological polar surface area (TPSA) is 12.2 Å². The molecule has 172 valence electrons. The van der Waals surface area contributed by atoms with Gasteiger partial charge in [-0.05, 0) is 88.9 Å². The first-order valence-corrected chi connectivity index (χ1v) is 13.7. The Hall–Kier alpha value is -0.375. The van der Waals surface area contributed by atoms with Crippen LogP contribution in [0.3, 0.4) is 0 Å². The first kappa shape index (κ1) is 26.2. The van der Waals surface area contributed by atoms with Gasteiger partial charge >= 0.3 is 11.2 Å². The molecule has 0 spiro atoms. The summed E-state index contributed by atoms with van der Waals surface area (Å²) in [6.45, 7) is 6.44. The molecule has 0 aliphatic carbocycles. The molecule has 0 amide bonds. The predicted octanol–water partition coefficient (Wildman–Crippen LogP) is 7.93. The second-order valence-corrected chi connectivity index (χ2v) is 11.8. The van der Waals surface area contributed by atoms with Crippen LogP contribution in [-0.2, 0) is 0 Å². The van der Waals surface area contributed by atoms with Crippen molar-refractivity contribution in [2.75, 3.05) is 13.1 Å². The van der Waals surface area contributed by atoms with E-state index in [-0.39, 0.29) is 6.10 Å². The van der Waals surface area contributed by atoms with E-state index in [1.807, 2.05) is 34.8 Å². The lowest BCUT2D eigenvalue weighted by Gasteiger charge is -2.27. The van der Waals surface area contributed by atoms with Crippen molar-refractivity contribution in [3.63, 3.8) is 0 Å². The number of hydrogen-bond donors (Lipinski definition) is 0. The van der Waals surface area contributed by atoms with E-state index in [4.69, 9.17) is 16.3 Å². The van der Waals surface area contributed by atoms with Crippen molar-refractivity contribution in [3.05, 3.63) is 63.0 Å². The van der Waals surface area contributed by atoms with Crippen LogP contribution in [0.15, 0.2) is 36.4 Å². The van der Waals surface area contributed by atoms with Gasteiger partial charge in [0.2, 0.25) is 0 Å². The summed E-state index contributed by atoms with van der Waals surface area (Å²) in [7, 11) is -6.00. The highest BCUT2D eigenvalue weighted by Gasteiger charge is 2.33. The zero-order valence-electron chi connectivity index (χ0n) is 16.9. The number of rotatable bonds is 3. The van der Waals surface area contributed by atoms with Crippen molar-refractivity contribution in [3.8, 4) is 16.2 Å². The molecule has 0 saturated heterocycles. The van der Waals surface area contributed by atoms with E-state index in [0.717, 1.165) is 33.0 Å². The molecule has 4 rings (SSSR count). The summed E-state index contributed by atoms with van der Waals surface area (Å²) >= 11 is 14.6. The Morgan fingerprint density at radius 2 is 1.62 bits per heavy atom. The number of halogens is 7. The summed E-state index contributed by atoms with van der Waals surface area (Å²) in [4.78, 5) is 2.62. The van der Waals surface area contributed by atoms with Crippen LogP contribution in [0.5, 0.6) is 5.75 Å². The van der Waals surface area contributed by atoms with Crippen molar-refractivity contribution in [1.29, 1.82) is 0 Å². The van der Waals surface area contributed by atoms with Crippen molar-refractivity contribution >= 4 is 86.7 Å². The minimum absolute atomic E-state index is 0.0936. The zero-order chi connectivity index (χ0) is 23.6. The first-order chi connectivity index (χ1) is 15.0. The van der Waals surface area contributed by atoms with E-state index in [2.05, 4.69) is 87.9 Å². The molecule has 0 bridgehead atoms. The predicted molar refractivity (Wildman–Crippen MR) is 144 cm³/mol. The number of hydrogen-bond acceptors (Lipinski definition) is 3. The molecule has 2 nitrogen and oxygen atoms in total. The van der Waals surface area contributed by atoms with Gasteiger partial charge in [0.25, 0.3) is 0 Å². The third-order valence-corrected chi connectivity index (χ3v) is 8.98. The van der Waals surface area contributed by atoms with Crippen LogP contribution in [-0.4, -0.2) is 20.3 Å². The van der Waals surface area contributed by atoms with E-state index in [1.54, 1.807) is 0 Å². The maximum absolute atomic E-state index is 9.75. The summed E-state index contributed by atoms with van der Waals surface area (Å²) < 4.78 is 51.7. The average molecular weight is 728 g/mol. The van der Waals surface area contributed by atoms with Gasteiger partial charge in [0.05, 0.1) is 13.3 Å². The molecule has 1 aromatic heterocycles. The monoisotopic (exact) mass is 727 g/mol. The van der Waals surface area contributed by atoms with Crippen LogP contribution in [0.25, 0.3) is 10.4 Å². The van der Waals surface area contributed by atoms with Crippen molar-refractivity contribution in [2.24, 2.45) is 0 Å². The van der Waals surface area contributed by atoms with Gasteiger partial charge in [-0.15, -0.1) is 0 Å². The second kappa shape index (κ2) is 10.9. The molecular weight excluding hydrogens is 710 g/mol. The van der Waals surface area contributed by atoms with Crippen LogP contribution >= 0.6 is 79.5 Å². The Morgan fingerprint density at radius 3 is 2.19 bits per heavy atom. The molecule has 0 radical (unpaired) electrons. The van der Waals surface area contributed by atoms with Crippen LogP contribution in [0.4, 0.5) is 17.3 Å². The maximum atomic E-state index is 9.75. The Balaban J connectivity index is 0.000000523. The molecule has 12 heteroatoms. The average Bonchev–Trinajstić information content (AvgIpc) is 3.13. The van der Waals surface area contributed by atoms with Crippen LogP contribution in [0.2, 0.25) is 5.02 Å². The summed E-state index contributed by atoms with van der Waals surface area (Å²) in [5.74, 6) is 0.989. The van der Waals surface area contributed by atoms with Crippen LogP contribution in [0, 0.1) is 7.14 Å². The molecule has 1 aliphatic rings. The standard InChI is InChI=1S/C20H17ClI2NOS2.BF4/c1-3-24(4-2)20-26-18-14-9-13(22)10-15(23)17(14)25-16(19(18)27-20)11-5-7-12(21)8-6-11;2-1(3,4)5/h5-10,16H,3-4H2,1-2H3;/q+1;-1. The van der Waals surface area contributed by atoms with Crippen molar-refractivity contribution < 1.29 is 22.0 Å². The normalized spacial score (nSPS) is 14.6. The van der Waals surface area contributed by atoms with E-state index in [1.165, 1.54) is 22.9 Å². The van der Waals surface area contributed by atoms with Gasteiger partial charge in [-0.25, -0.2) is 4.58 Å². The number of ether oxygens (including phenoxy) is 1. The molecule has 0 N–H and O–H groups in total. The van der Waals surface area contributed by atoms with Crippen molar-refractivity contribution in [2.45, 2.75) is 20.0 Å². The lowest BCUT2D eigenvalue weighted by molar-refractivity contribution is 0.246. The maximum Gasteiger partial charge on any atom is 0.673 e. The molecule has 3 aromatic rings. The van der Waals surface area contributed by atoms with Gasteiger partial charge in [-0.2, -0.15) is 0 Å². The molecule has 0 fully saturated rings. The zero-order valence-corrected chi connectivity index (χ0v) is 23.6. The molecule has 1 aliphatic heterocycles. The highest BCUT2D eigenvalue weighted by atomic mass is 127. The summed E-state index contributed by atoms with van der Waals surface area (Å²) in [5.41, 5.74) is 2.35. The van der Waals surface area contributed by atoms with Gasteiger partial charge in [0, 0.05) is 14.2 Å². The van der Waals surface area contributed by atoms with Gasteiger partial charge in [-0.1, -0.05) is 46.4 Å². The minimum Gasteiger partial charge on any atom is -0.478 e. The van der Waals surface area contributed by atoms with Gasteiger partial charge in [-0.3, -0.25) is 0 Å². The highest BCUT2D eigenvalue weighted by molar-refractivity contribution is 14.1. The van der Waals surface area contributed by atoms with Gasteiger partial charge in [0.1, 0.15) is 18.8 Å². The molecule has 0 saturated carbocycles. The Kier molecular flexibility index (Phi) is 8.95. The highest BCUT2D eigenvalue weighted by Crippen LogP contribution is 2.50. The third-order valence-electron chi connectivity index (χ3n) is 4.53. The fourth-order valence-electron chi connectivity index (χ4n) is 3.15. The summed E-state index contributed by atoms with van der Waals surface area (Å²) in [5, 5.41) is 0.747. The fourth-order valence-corrected chi connectivity index (χ4v) is 8.28. The Labute approximate surface area is 223 Å². The van der Waals surface area contributed by atoms with E-state index < -0.39 is 7.25 Å². The third kappa shape index (κ3) is 6.39. The largest absolute Gasteiger partial charge is 0.673 e. The number of nitrogens with zero attached hydrogens (tertiary/aromatic N) is 1. The summed E-state index contributed by atoms with van der Waals surface area (Å²) in [6.07, 6.45) is -0.0936. The molecule has 32 heavy (non-hydrogen) atoms. The first-order valence-electron chi connectivity index (χ1n) is 9.52. The molecule has 1 atom stereocenters. The summed E-state index contributed by atoms with van der Waals surface area (Å²) in [6, 6.07) is 12.4. The van der Waals surface area contributed by atoms with E-state index in [9.17, 15) is 17.3 Å². The molecule has 2 heterocycles. The number of fused-ring (bicyclic) bond motifs is 3. The van der Waals surface area contributed by atoms with Gasteiger partial charge in [0.15, 0.2) is 6.10 Å². The van der Waals surface area contributed by atoms with E-state index in [0.29, 0.717) is 0 Å². The SMILES string of the molecule is CC[N+](CC)=c1sc2c(s1)C(c1ccc(Cl)cc1)Oc1c(I)cc(I)cc1-2.F[B-](F)(F)F. The fraction of sp³-hybridized carbons (Fsp3) is 0.250. The van der Waals surface area contributed by atoms with Gasteiger partial charge < -0.3 is 22.0 Å². The Bertz CT molecular complexity index is 1170. The Morgan fingerprint density at radius 1 is 1.03 bits per heavy atom. The van der Waals surface area contributed by atoms with Crippen LogP contribution < -0.4 is 13.3 Å². The quantitative estimate of drug-likeness (QED) is 0.116. The molecule has 1 unspecified atom stereocenters. The van der Waals surface area contributed by atoms with Crippen LogP contribution in [0.1, 0.15) is 30.4 Å². The number of benzene rings is 2. The minimum atomic E-state index is -6.00. The molecular formula is C20H17BClF4I2NOS2.